The van der Waals surface area contributed by atoms with E-state index in [1.54, 1.807) is 24.3 Å². The number of hydrogen-bond donors (Lipinski definition) is 1. The molecule has 0 aromatic heterocycles. The molecule has 1 atom stereocenters. The summed E-state index contributed by atoms with van der Waals surface area (Å²) in [7, 11) is 0. The summed E-state index contributed by atoms with van der Waals surface area (Å²) in [6.07, 6.45) is 3.44. The van der Waals surface area contributed by atoms with Gasteiger partial charge in [0.2, 0.25) is 11.8 Å². The van der Waals surface area contributed by atoms with Crippen LogP contribution in [0.15, 0.2) is 60.7 Å². The number of benzene rings is 2. The quantitative estimate of drug-likeness (QED) is 0.757. The van der Waals surface area contributed by atoms with Gasteiger partial charge in [-0.3, -0.25) is 24.6 Å². The molecule has 3 amide bonds. The number of carbonyl (C=O) groups excluding carboxylic acids is 3. The highest BCUT2D eigenvalue weighted by Crippen LogP contribution is 2.28. The Kier molecular flexibility index (Phi) is 6.77. The van der Waals surface area contributed by atoms with E-state index >= 15 is 0 Å². The van der Waals surface area contributed by atoms with E-state index in [-0.39, 0.29) is 18.4 Å². The number of carbonyl (C=O) groups is 3. The Balaban J connectivity index is 1.29. The fraction of sp³-hybridized carbons (Fsp3) is 0.400. The smallest absolute Gasteiger partial charge is 0.257 e. The fourth-order valence-electron chi connectivity index (χ4n) is 4.63. The van der Waals surface area contributed by atoms with Crippen molar-refractivity contribution in [3.05, 3.63) is 71.8 Å². The van der Waals surface area contributed by atoms with Crippen molar-refractivity contribution in [2.75, 3.05) is 26.2 Å². The van der Waals surface area contributed by atoms with Crippen molar-refractivity contribution >= 4 is 17.7 Å². The van der Waals surface area contributed by atoms with Gasteiger partial charge in [-0.15, -0.1) is 0 Å². The first-order chi connectivity index (χ1) is 15.1. The normalized spacial score (nSPS) is 19.9. The Morgan fingerprint density at radius 1 is 0.839 bits per heavy atom. The maximum absolute atomic E-state index is 12.9. The molecular weight excluding hydrogens is 390 g/mol. The van der Waals surface area contributed by atoms with Crippen LogP contribution < -0.4 is 5.32 Å². The first kappa shape index (κ1) is 21.2. The molecule has 4 rings (SSSR count). The minimum absolute atomic E-state index is 0.0700. The SMILES string of the molecule is O=C(NC(=O)[C@H]1CCCN1CC(=O)N1CCC(c2ccccc2)CC1)c1ccccc1. The van der Waals surface area contributed by atoms with Crippen molar-refractivity contribution in [3.63, 3.8) is 0 Å². The molecule has 0 spiro atoms. The lowest BCUT2D eigenvalue weighted by atomic mass is 9.89. The molecule has 2 aliphatic rings. The van der Waals surface area contributed by atoms with Gasteiger partial charge in [0.1, 0.15) is 0 Å². The van der Waals surface area contributed by atoms with Gasteiger partial charge in [0, 0.05) is 18.7 Å². The summed E-state index contributed by atoms with van der Waals surface area (Å²) in [6, 6.07) is 18.7. The van der Waals surface area contributed by atoms with E-state index in [4.69, 9.17) is 0 Å². The maximum Gasteiger partial charge on any atom is 0.257 e. The zero-order chi connectivity index (χ0) is 21.6. The lowest BCUT2D eigenvalue weighted by Gasteiger charge is -2.34. The summed E-state index contributed by atoms with van der Waals surface area (Å²) in [5.41, 5.74) is 1.80. The van der Waals surface area contributed by atoms with Crippen LogP contribution in [0.3, 0.4) is 0 Å². The second kappa shape index (κ2) is 9.88. The van der Waals surface area contributed by atoms with Crippen molar-refractivity contribution in [3.8, 4) is 0 Å². The topological polar surface area (TPSA) is 69.7 Å². The third-order valence-corrected chi connectivity index (χ3v) is 6.40. The highest BCUT2D eigenvalue weighted by molar-refractivity contribution is 6.06. The van der Waals surface area contributed by atoms with Gasteiger partial charge < -0.3 is 4.90 Å². The van der Waals surface area contributed by atoms with E-state index < -0.39 is 11.9 Å². The van der Waals surface area contributed by atoms with Crippen molar-refractivity contribution in [1.29, 1.82) is 0 Å². The van der Waals surface area contributed by atoms with Gasteiger partial charge in [-0.1, -0.05) is 48.5 Å². The van der Waals surface area contributed by atoms with Gasteiger partial charge >= 0.3 is 0 Å². The maximum atomic E-state index is 12.9. The molecule has 2 saturated heterocycles. The summed E-state index contributed by atoms with van der Waals surface area (Å²) in [4.78, 5) is 41.7. The van der Waals surface area contributed by atoms with Crippen molar-refractivity contribution in [2.45, 2.75) is 37.6 Å². The summed E-state index contributed by atoms with van der Waals surface area (Å²) in [5, 5.41) is 2.50. The Hall–Kier alpha value is -2.99. The molecule has 6 nitrogen and oxygen atoms in total. The predicted molar refractivity (Wildman–Crippen MR) is 119 cm³/mol. The summed E-state index contributed by atoms with van der Waals surface area (Å²) in [6.45, 7) is 2.42. The molecule has 0 radical (unpaired) electrons. The molecule has 1 N–H and O–H groups in total. The third-order valence-electron chi connectivity index (χ3n) is 6.40. The van der Waals surface area contributed by atoms with Gasteiger partial charge in [0.25, 0.3) is 5.91 Å². The molecule has 2 aromatic carbocycles. The van der Waals surface area contributed by atoms with E-state index in [0.717, 1.165) is 32.4 Å². The van der Waals surface area contributed by atoms with E-state index in [2.05, 4.69) is 29.6 Å². The molecule has 2 fully saturated rings. The van der Waals surface area contributed by atoms with Crippen LogP contribution in [0, 0.1) is 0 Å². The van der Waals surface area contributed by atoms with Gasteiger partial charge in [-0.2, -0.15) is 0 Å². The second-order valence-corrected chi connectivity index (χ2v) is 8.38. The van der Waals surface area contributed by atoms with Crippen LogP contribution in [0.4, 0.5) is 0 Å². The number of imide groups is 1. The Morgan fingerprint density at radius 2 is 1.48 bits per heavy atom. The highest BCUT2D eigenvalue weighted by atomic mass is 16.2. The van der Waals surface area contributed by atoms with Gasteiger partial charge in [-0.25, -0.2) is 0 Å². The lowest BCUT2D eigenvalue weighted by molar-refractivity contribution is -0.134. The van der Waals surface area contributed by atoms with Crippen LogP contribution in [0.25, 0.3) is 0 Å². The van der Waals surface area contributed by atoms with Crippen LogP contribution in [-0.4, -0.2) is 59.7 Å². The van der Waals surface area contributed by atoms with Crippen molar-refractivity contribution in [1.82, 2.24) is 15.1 Å². The average Bonchev–Trinajstić information content (AvgIpc) is 3.28. The molecular formula is C25H29N3O3. The number of nitrogens with zero attached hydrogens (tertiary/aromatic N) is 2. The number of hydrogen-bond acceptors (Lipinski definition) is 4. The molecule has 2 aliphatic heterocycles. The fourth-order valence-corrected chi connectivity index (χ4v) is 4.63. The average molecular weight is 420 g/mol. The molecule has 6 heteroatoms. The Bertz CT molecular complexity index is 908. The second-order valence-electron chi connectivity index (χ2n) is 8.38. The molecule has 2 heterocycles. The molecule has 0 unspecified atom stereocenters. The summed E-state index contributed by atoms with van der Waals surface area (Å²) >= 11 is 0. The van der Waals surface area contributed by atoms with Gasteiger partial charge in [-0.05, 0) is 55.8 Å². The molecule has 162 valence electrons. The first-order valence-electron chi connectivity index (χ1n) is 11.1. The van der Waals surface area contributed by atoms with E-state index in [1.165, 1.54) is 5.56 Å². The molecule has 0 saturated carbocycles. The number of likely N-dealkylation sites (tertiary alicyclic amines) is 2. The lowest BCUT2D eigenvalue weighted by Crippen LogP contribution is -2.50. The first-order valence-corrected chi connectivity index (χ1v) is 11.1. The zero-order valence-electron chi connectivity index (χ0n) is 17.7. The summed E-state index contributed by atoms with van der Waals surface area (Å²) in [5.74, 6) is -0.145. The Morgan fingerprint density at radius 3 is 2.16 bits per heavy atom. The monoisotopic (exact) mass is 419 g/mol. The van der Waals surface area contributed by atoms with Crippen LogP contribution in [-0.2, 0) is 9.59 Å². The molecule has 31 heavy (non-hydrogen) atoms. The van der Waals surface area contributed by atoms with Gasteiger partial charge in [0.15, 0.2) is 0 Å². The standard InChI is InChI=1S/C25H29N3O3/c29-23(27-16-13-20(14-17-27)19-8-3-1-4-9-19)18-28-15-7-12-22(28)25(31)26-24(30)21-10-5-2-6-11-21/h1-6,8-11,20,22H,7,12-18H2,(H,26,30,31)/t22-/m1/s1. The number of rotatable bonds is 5. The minimum Gasteiger partial charge on any atom is -0.342 e. The molecule has 0 bridgehead atoms. The zero-order valence-corrected chi connectivity index (χ0v) is 17.7. The predicted octanol–water partition coefficient (Wildman–Crippen LogP) is 2.81. The van der Waals surface area contributed by atoms with Crippen LogP contribution in [0.5, 0.6) is 0 Å². The van der Waals surface area contributed by atoms with E-state index in [9.17, 15) is 14.4 Å². The Labute approximate surface area is 183 Å². The molecule has 2 aromatic rings. The van der Waals surface area contributed by atoms with Crippen LogP contribution >= 0.6 is 0 Å². The van der Waals surface area contributed by atoms with Gasteiger partial charge in [0.05, 0.1) is 12.6 Å². The van der Waals surface area contributed by atoms with E-state index in [0.29, 0.717) is 24.4 Å². The number of amides is 3. The highest BCUT2D eigenvalue weighted by Gasteiger charge is 2.34. The summed E-state index contributed by atoms with van der Waals surface area (Å²) < 4.78 is 0. The van der Waals surface area contributed by atoms with Crippen LogP contribution in [0.1, 0.15) is 47.5 Å². The third kappa shape index (κ3) is 5.20. The number of nitrogens with one attached hydrogen (secondary N) is 1. The van der Waals surface area contributed by atoms with E-state index in [1.807, 2.05) is 21.9 Å². The molecule has 0 aliphatic carbocycles. The van der Waals surface area contributed by atoms with Crippen molar-refractivity contribution in [2.24, 2.45) is 0 Å². The largest absolute Gasteiger partial charge is 0.342 e. The number of piperidine rings is 1. The van der Waals surface area contributed by atoms with Crippen LogP contribution in [0.2, 0.25) is 0 Å². The minimum atomic E-state index is -0.432. The van der Waals surface area contributed by atoms with Crippen molar-refractivity contribution < 1.29 is 14.4 Å².